The first-order chi connectivity index (χ1) is 8.83. The van der Waals surface area contributed by atoms with Gasteiger partial charge < -0.3 is 15.1 Å². The fraction of sp³-hybridized carbons (Fsp3) is 0.714. The highest BCUT2D eigenvalue weighted by atomic mass is 16.3. The lowest BCUT2D eigenvalue weighted by molar-refractivity contribution is 0.117. The molecule has 2 fully saturated rings. The molecule has 1 saturated carbocycles. The van der Waals surface area contributed by atoms with Gasteiger partial charge in [0.25, 0.3) is 0 Å². The first-order valence-electron chi connectivity index (χ1n) is 7.04. The van der Waals surface area contributed by atoms with Crippen LogP contribution in [0.1, 0.15) is 24.2 Å². The molecular formula is C14H23N3O. The van der Waals surface area contributed by atoms with Gasteiger partial charge in [-0.2, -0.15) is 0 Å². The van der Waals surface area contributed by atoms with E-state index in [9.17, 15) is 0 Å². The predicted octanol–water partition coefficient (Wildman–Crippen LogP) is 1.27. The van der Waals surface area contributed by atoms with E-state index in [4.69, 9.17) is 10.2 Å². The Bertz CT molecular complexity index is 378. The lowest BCUT2D eigenvalue weighted by Gasteiger charge is -2.34. The van der Waals surface area contributed by atoms with Crippen molar-refractivity contribution in [2.75, 3.05) is 32.7 Å². The van der Waals surface area contributed by atoms with Crippen molar-refractivity contribution in [2.45, 2.75) is 25.9 Å². The number of nitrogens with zero attached hydrogens (tertiary/aromatic N) is 2. The summed E-state index contributed by atoms with van der Waals surface area (Å²) >= 11 is 0. The third-order valence-corrected chi connectivity index (χ3v) is 4.00. The summed E-state index contributed by atoms with van der Waals surface area (Å²) in [6.45, 7) is 7.56. The summed E-state index contributed by atoms with van der Waals surface area (Å²) in [6, 6.07) is 2.08. The molecule has 0 aromatic carbocycles. The Balaban J connectivity index is 1.44. The Morgan fingerprint density at radius 2 is 1.89 bits per heavy atom. The minimum absolute atomic E-state index is 0.568. The molecule has 1 saturated heterocycles. The van der Waals surface area contributed by atoms with Gasteiger partial charge in [0, 0.05) is 44.8 Å². The van der Waals surface area contributed by atoms with Gasteiger partial charge in [-0.25, -0.2) is 0 Å². The van der Waals surface area contributed by atoms with Gasteiger partial charge in [0.05, 0.1) is 12.8 Å². The maximum atomic E-state index is 5.59. The summed E-state index contributed by atoms with van der Waals surface area (Å²) in [4.78, 5) is 5.09. The standard InChI is InChI=1S/C14H23N3O/c15-8-13-7-14(18-11-13)10-17-5-3-16(4-6-17)9-12-1-2-12/h7,11-12H,1-6,8-10,15H2. The molecule has 1 aromatic heterocycles. The molecule has 18 heavy (non-hydrogen) atoms. The topological polar surface area (TPSA) is 45.6 Å². The number of nitrogens with two attached hydrogens (primary N) is 1. The summed E-state index contributed by atoms with van der Waals surface area (Å²) in [6.07, 6.45) is 4.68. The average Bonchev–Trinajstić information content (AvgIpc) is 3.09. The Morgan fingerprint density at radius 1 is 1.17 bits per heavy atom. The summed E-state index contributed by atoms with van der Waals surface area (Å²) in [7, 11) is 0. The zero-order chi connectivity index (χ0) is 12.4. The van der Waals surface area contributed by atoms with Crippen molar-refractivity contribution in [1.29, 1.82) is 0 Å². The van der Waals surface area contributed by atoms with E-state index < -0.39 is 0 Å². The molecule has 0 radical (unpaired) electrons. The molecular weight excluding hydrogens is 226 g/mol. The lowest BCUT2D eigenvalue weighted by atomic mass is 10.2. The van der Waals surface area contributed by atoms with Crippen LogP contribution in [0.5, 0.6) is 0 Å². The van der Waals surface area contributed by atoms with Crippen LogP contribution in [0.2, 0.25) is 0 Å². The van der Waals surface area contributed by atoms with E-state index >= 15 is 0 Å². The Kier molecular flexibility index (Phi) is 3.68. The summed E-state index contributed by atoms with van der Waals surface area (Å²) < 4.78 is 5.52. The Morgan fingerprint density at radius 3 is 2.50 bits per heavy atom. The van der Waals surface area contributed by atoms with E-state index in [2.05, 4.69) is 15.9 Å². The minimum Gasteiger partial charge on any atom is -0.468 e. The fourth-order valence-electron chi connectivity index (χ4n) is 2.63. The highest BCUT2D eigenvalue weighted by molar-refractivity contribution is 5.12. The quantitative estimate of drug-likeness (QED) is 0.853. The highest BCUT2D eigenvalue weighted by Crippen LogP contribution is 2.29. The second-order valence-corrected chi connectivity index (χ2v) is 5.65. The van der Waals surface area contributed by atoms with Crippen molar-refractivity contribution in [3.8, 4) is 0 Å². The van der Waals surface area contributed by atoms with Gasteiger partial charge >= 0.3 is 0 Å². The second kappa shape index (κ2) is 5.43. The van der Waals surface area contributed by atoms with Crippen LogP contribution in [0.3, 0.4) is 0 Å². The van der Waals surface area contributed by atoms with Gasteiger partial charge in [-0.05, 0) is 24.8 Å². The van der Waals surface area contributed by atoms with Crippen molar-refractivity contribution in [3.63, 3.8) is 0 Å². The number of rotatable bonds is 5. The van der Waals surface area contributed by atoms with Gasteiger partial charge in [0.15, 0.2) is 0 Å². The van der Waals surface area contributed by atoms with E-state index in [1.54, 1.807) is 6.26 Å². The van der Waals surface area contributed by atoms with Crippen LogP contribution in [0.15, 0.2) is 16.7 Å². The molecule has 100 valence electrons. The van der Waals surface area contributed by atoms with Crippen LogP contribution < -0.4 is 5.73 Å². The van der Waals surface area contributed by atoms with Gasteiger partial charge in [-0.15, -0.1) is 0 Å². The first kappa shape index (κ1) is 12.2. The van der Waals surface area contributed by atoms with Gasteiger partial charge in [0.1, 0.15) is 5.76 Å². The van der Waals surface area contributed by atoms with E-state index in [0.717, 1.165) is 36.9 Å². The van der Waals surface area contributed by atoms with Gasteiger partial charge in [-0.1, -0.05) is 0 Å². The third kappa shape index (κ3) is 3.13. The first-order valence-corrected chi connectivity index (χ1v) is 7.04. The number of piperazine rings is 1. The largest absolute Gasteiger partial charge is 0.468 e. The van der Waals surface area contributed by atoms with Crippen molar-refractivity contribution in [2.24, 2.45) is 11.7 Å². The van der Waals surface area contributed by atoms with E-state index in [-0.39, 0.29) is 0 Å². The molecule has 2 aliphatic rings. The van der Waals surface area contributed by atoms with Gasteiger partial charge in [-0.3, -0.25) is 4.90 Å². The molecule has 2 N–H and O–H groups in total. The molecule has 1 aliphatic carbocycles. The van der Waals surface area contributed by atoms with Gasteiger partial charge in [0.2, 0.25) is 0 Å². The van der Waals surface area contributed by atoms with Crippen LogP contribution in [-0.2, 0) is 13.1 Å². The molecule has 1 aliphatic heterocycles. The fourth-order valence-corrected chi connectivity index (χ4v) is 2.63. The summed E-state index contributed by atoms with van der Waals surface area (Å²) in [5, 5.41) is 0. The van der Waals surface area contributed by atoms with Crippen molar-refractivity contribution >= 4 is 0 Å². The molecule has 3 rings (SSSR count). The van der Waals surface area contributed by atoms with Crippen LogP contribution in [0.25, 0.3) is 0 Å². The zero-order valence-electron chi connectivity index (χ0n) is 11.0. The minimum atomic E-state index is 0.568. The van der Waals surface area contributed by atoms with E-state index in [0.29, 0.717) is 6.54 Å². The van der Waals surface area contributed by atoms with E-state index in [1.165, 1.54) is 32.5 Å². The average molecular weight is 249 g/mol. The maximum Gasteiger partial charge on any atom is 0.118 e. The molecule has 0 spiro atoms. The Labute approximate surface area is 109 Å². The van der Waals surface area contributed by atoms with Crippen molar-refractivity contribution in [1.82, 2.24) is 9.80 Å². The number of furan rings is 1. The monoisotopic (exact) mass is 249 g/mol. The SMILES string of the molecule is NCc1coc(CN2CCN(CC3CC3)CC2)c1. The van der Waals surface area contributed by atoms with Crippen LogP contribution in [0.4, 0.5) is 0 Å². The van der Waals surface area contributed by atoms with Crippen molar-refractivity contribution in [3.05, 3.63) is 23.7 Å². The van der Waals surface area contributed by atoms with Crippen LogP contribution in [0, 0.1) is 5.92 Å². The molecule has 4 nitrogen and oxygen atoms in total. The third-order valence-electron chi connectivity index (χ3n) is 4.00. The second-order valence-electron chi connectivity index (χ2n) is 5.65. The summed E-state index contributed by atoms with van der Waals surface area (Å²) in [5.74, 6) is 2.06. The maximum absolute atomic E-state index is 5.59. The molecule has 0 amide bonds. The molecule has 0 bridgehead atoms. The normalized spacial score (nSPS) is 22.5. The van der Waals surface area contributed by atoms with Crippen molar-refractivity contribution < 1.29 is 4.42 Å². The zero-order valence-corrected chi connectivity index (χ0v) is 11.0. The molecule has 4 heteroatoms. The molecule has 2 heterocycles. The smallest absolute Gasteiger partial charge is 0.118 e. The molecule has 0 atom stereocenters. The molecule has 0 unspecified atom stereocenters. The number of hydrogen-bond acceptors (Lipinski definition) is 4. The Hall–Kier alpha value is -0.840. The van der Waals surface area contributed by atoms with Crippen LogP contribution >= 0.6 is 0 Å². The number of hydrogen-bond donors (Lipinski definition) is 1. The highest BCUT2D eigenvalue weighted by Gasteiger charge is 2.26. The predicted molar refractivity (Wildman–Crippen MR) is 71.0 cm³/mol. The molecule has 1 aromatic rings. The lowest BCUT2D eigenvalue weighted by Crippen LogP contribution is -2.46. The van der Waals surface area contributed by atoms with Crippen LogP contribution in [-0.4, -0.2) is 42.5 Å². The summed E-state index contributed by atoms with van der Waals surface area (Å²) in [5.41, 5.74) is 6.68. The van der Waals surface area contributed by atoms with E-state index in [1.807, 2.05) is 0 Å².